The first-order chi connectivity index (χ1) is 12.1. The average molecular weight is 337 g/mol. The monoisotopic (exact) mass is 337 g/mol. The SMILES string of the molecule is O=C1[C@@H]2[C@H]3C=C[C@@H]([C@@H]4C[C@@H]34)[C@H]2C(=O)N1N=Cc1ccc([N+](=O)[O-])cc1. The van der Waals surface area contributed by atoms with E-state index in [0.29, 0.717) is 17.4 Å². The van der Waals surface area contributed by atoms with Gasteiger partial charge in [-0.25, -0.2) is 0 Å². The van der Waals surface area contributed by atoms with Gasteiger partial charge in [-0.1, -0.05) is 12.2 Å². The number of hydrazone groups is 1. The first-order valence-electron chi connectivity index (χ1n) is 8.41. The summed E-state index contributed by atoms with van der Waals surface area (Å²) >= 11 is 0. The molecule has 4 aliphatic carbocycles. The van der Waals surface area contributed by atoms with E-state index in [2.05, 4.69) is 17.3 Å². The van der Waals surface area contributed by atoms with Gasteiger partial charge in [0.05, 0.1) is 23.0 Å². The summed E-state index contributed by atoms with van der Waals surface area (Å²) in [6.07, 6.45) is 6.78. The van der Waals surface area contributed by atoms with Gasteiger partial charge in [0.2, 0.25) is 0 Å². The molecule has 126 valence electrons. The molecule has 1 aromatic rings. The number of allylic oxidation sites excluding steroid dienone is 2. The lowest BCUT2D eigenvalue weighted by Crippen LogP contribution is -2.40. The number of nitrogens with zero attached hydrogens (tertiary/aromatic N) is 3. The second-order valence-corrected chi connectivity index (χ2v) is 7.24. The molecule has 6 atom stereocenters. The molecule has 1 heterocycles. The average Bonchev–Trinajstić information content (AvgIpc) is 3.39. The van der Waals surface area contributed by atoms with Crippen molar-refractivity contribution in [1.82, 2.24) is 5.01 Å². The predicted octanol–water partition coefficient (Wildman–Crippen LogP) is 1.98. The van der Waals surface area contributed by atoms with E-state index in [1.54, 1.807) is 12.1 Å². The van der Waals surface area contributed by atoms with Gasteiger partial charge in [-0.05, 0) is 47.8 Å². The Balaban J connectivity index is 1.39. The Morgan fingerprint density at radius 1 is 1.04 bits per heavy atom. The summed E-state index contributed by atoms with van der Waals surface area (Å²) in [6.45, 7) is 0. The highest BCUT2D eigenvalue weighted by Crippen LogP contribution is 2.65. The number of rotatable bonds is 3. The van der Waals surface area contributed by atoms with Crippen LogP contribution >= 0.6 is 0 Å². The van der Waals surface area contributed by atoms with Gasteiger partial charge in [-0.3, -0.25) is 19.7 Å². The largest absolute Gasteiger partial charge is 0.272 e. The molecule has 1 aromatic carbocycles. The summed E-state index contributed by atoms with van der Waals surface area (Å²) in [5.41, 5.74) is 0.586. The third-order valence-corrected chi connectivity index (χ3v) is 6.07. The molecule has 0 spiro atoms. The predicted molar refractivity (Wildman–Crippen MR) is 87.2 cm³/mol. The van der Waals surface area contributed by atoms with Crippen molar-refractivity contribution in [1.29, 1.82) is 0 Å². The summed E-state index contributed by atoms with van der Waals surface area (Å²) < 4.78 is 0. The fourth-order valence-corrected chi connectivity index (χ4v) is 4.86. The molecule has 2 bridgehead atoms. The van der Waals surface area contributed by atoms with E-state index in [1.807, 2.05) is 0 Å². The highest BCUT2D eigenvalue weighted by atomic mass is 16.6. The van der Waals surface area contributed by atoms with Gasteiger partial charge in [0.25, 0.3) is 17.5 Å². The molecule has 2 saturated carbocycles. The number of hydrogen-bond acceptors (Lipinski definition) is 5. The van der Waals surface area contributed by atoms with Crippen LogP contribution in [-0.4, -0.2) is 28.0 Å². The number of amides is 2. The number of non-ortho nitro benzene ring substituents is 1. The van der Waals surface area contributed by atoms with Crippen molar-refractivity contribution in [2.45, 2.75) is 6.42 Å². The highest BCUT2D eigenvalue weighted by Gasteiger charge is 2.67. The zero-order chi connectivity index (χ0) is 17.3. The van der Waals surface area contributed by atoms with Gasteiger partial charge in [-0.2, -0.15) is 10.1 Å². The van der Waals surface area contributed by atoms with E-state index in [1.165, 1.54) is 18.3 Å². The van der Waals surface area contributed by atoms with Gasteiger partial charge >= 0.3 is 0 Å². The van der Waals surface area contributed by atoms with Crippen molar-refractivity contribution in [2.75, 3.05) is 0 Å². The van der Waals surface area contributed by atoms with Gasteiger partial charge in [-0.15, -0.1) is 0 Å². The molecule has 5 aliphatic rings. The van der Waals surface area contributed by atoms with Crippen molar-refractivity contribution in [2.24, 2.45) is 40.6 Å². The van der Waals surface area contributed by atoms with E-state index in [4.69, 9.17) is 0 Å². The molecule has 25 heavy (non-hydrogen) atoms. The van der Waals surface area contributed by atoms with Crippen molar-refractivity contribution in [3.05, 3.63) is 52.1 Å². The maximum absolute atomic E-state index is 12.7. The minimum atomic E-state index is -0.479. The Morgan fingerprint density at radius 3 is 2.12 bits per heavy atom. The zero-order valence-electron chi connectivity index (χ0n) is 13.2. The van der Waals surface area contributed by atoms with E-state index < -0.39 is 4.92 Å². The van der Waals surface area contributed by atoms with Gasteiger partial charge in [0, 0.05) is 12.1 Å². The second kappa shape index (κ2) is 4.84. The number of imide groups is 1. The van der Waals surface area contributed by atoms with Crippen molar-refractivity contribution in [3.8, 4) is 0 Å². The lowest BCUT2D eigenvalue weighted by Gasteiger charge is -2.37. The quantitative estimate of drug-likeness (QED) is 0.277. The normalized spacial score (nSPS) is 37.5. The Labute approximate surface area is 143 Å². The minimum absolute atomic E-state index is 0.0154. The van der Waals surface area contributed by atoms with Crippen LogP contribution < -0.4 is 0 Å². The molecular formula is C18H15N3O4. The molecular weight excluding hydrogens is 322 g/mol. The van der Waals surface area contributed by atoms with E-state index in [0.717, 1.165) is 11.4 Å². The standard InChI is InChI=1S/C18H15N3O4/c22-17-15-11-5-6-12(14-7-13(11)14)16(15)18(23)20(17)19-8-9-1-3-10(4-2-9)21(24)25/h1-6,8,11-16H,7H2/t11-,12-,13-,14-,15+,16+/m0/s1. The maximum Gasteiger partial charge on any atom is 0.269 e. The summed E-state index contributed by atoms with van der Waals surface area (Å²) in [6, 6.07) is 5.82. The van der Waals surface area contributed by atoms with Crippen LogP contribution in [0.4, 0.5) is 5.69 Å². The lowest BCUT2D eigenvalue weighted by molar-refractivity contribution is -0.384. The number of nitro benzene ring substituents is 1. The van der Waals surface area contributed by atoms with Crippen LogP contribution in [0.25, 0.3) is 0 Å². The molecule has 0 N–H and O–H groups in total. The molecule has 1 aliphatic heterocycles. The Bertz CT molecular complexity index is 824. The van der Waals surface area contributed by atoms with Gasteiger partial charge in [0.15, 0.2) is 0 Å². The van der Waals surface area contributed by atoms with Crippen molar-refractivity contribution >= 4 is 23.7 Å². The van der Waals surface area contributed by atoms with Crippen LogP contribution in [0.3, 0.4) is 0 Å². The molecule has 3 fully saturated rings. The molecule has 1 saturated heterocycles. The summed E-state index contributed by atoms with van der Waals surface area (Å²) in [4.78, 5) is 35.7. The molecule has 0 aromatic heterocycles. The zero-order valence-corrected chi connectivity index (χ0v) is 13.2. The van der Waals surface area contributed by atoms with Crippen LogP contribution in [0.5, 0.6) is 0 Å². The minimum Gasteiger partial charge on any atom is -0.272 e. The summed E-state index contributed by atoms with van der Waals surface area (Å²) in [5.74, 6) is 0.529. The van der Waals surface area contributed by atoms with Gasteiger partial charge < -0.3 is 0 Å². The first kappa shape index (κ1) is 14.5. The maximum atomic E-state index is 12.7. The third kappa shape index (κ3) is 1.95. The van der Waals surface area contributed by atoms with Crippen molar-refractivity contribution in [3.63, 3.8) is 0 Å². The molecule has 6 rings (SSSR count). The second-order valence-electron chi connectivity index (χ2n) is 7.24. The van der Waals surface area contributed by atoms with E-state index in [-0.39, 0.29) is 41.2 Å². The molecule has 2 amide bonds. The molecule has 0 unspecified atom stereocenters. The van der Waals surface area contributed by atoms with Crippen LogP contribution in [0.1, 0.15) is 12.0 Å². The Hall–Kier alpha value is -2.83. The highest BCUT2D eigenvalue weighted by molar-refractivity contribution is 6.06. The Kier molecular flexibility index (Phi) is 2.81. The Morgan fingerprint density at radius 2 is 1.60 bits per heavy atom. The van der Waals surface area contributed by atoms with Crippen LogP contribution in [0, 0.1) is 45.6 Å². The molecule has 7 nitrogen and oxygen atoms in total. The fourth-order valence-electron chi connectivity index (χ4n) is 4.86. The van der Waals surface area contributed by atoms with Crippen molar-refractivity contribution < 1.29 is 14.5 Å². The lowest BCUT2D eigenvalue weighted by atomic mass is 9.63. The summed E-state index contributed by atoms with van der Waals surface area (Å²) in [7, 11) is 0. The topological polar surface area (TPSA) is 92.9 Å². The number of carbonyl (C=O) groups is 2. The molecule has 7 heteroatoms. The number of benzene rings is 1. The summed E-state index contributed by atoms with van der Waals surface area (Å²) in [5, 5.41) is 15.8. The smallest absolute Gasteiger partial charge is 0.269 e. The van der Waals surface area contributed by atoms with Crippen LogP contribution in [-0.2, 0) is 9.59 Å². The van der Waals surface area contributed by atoms with E-state index >= 15 is 0 Å². The van der Waals surface area contributed by atoms with Crippen LogP contribution in [0.2, 0.25) is 0 Å². The third-order valence-electron chi connectivity index (χ3n) is 6.07. The van der Waals surface area contributed by atoms with E-state index in [9.17, 15) is 19.7 Å². The number of carbonyl (C=O) groups excluding carboxylic acids is 2. The molecule has 0 radical (unpaired) electrons. The van der Waals surface area contributed by atoms with Crippen LogP contribution in [0.15, 0.2) is 41.5 Å². The fraction of sp³-hybridized carbons (Fsp3) is 0.389. The first-order valence-corrected chi connectivity index (χ1v) is 8.41. The number of nitro groups is 1. The van der Waals surface area contributed by atoms with Gasteiger partial charge in [0.1, 0.15) is 0 Å². The number of hydrogen-bond donors (Lipinski definition) is 0.